The third-order valence-electron chi connectivity index (χ3n) is 11.4. The Morgan fingerprint density at radius 2 is 1.70 bits per heavy atom. The molecule has 3 saturated carbocycles. The molecule has 9 nitrogen and oxygen atoms in total. The number of esters is 1. The average Bonchev–Trinajstić information content (AvgIpc) is 3.32. The number of carbonyl (C=O) groups excluding carboxylic acids is 3. The van der Waals surface area contributed by atoms with Gasteiger partial charge in [0.1, 0.15) is 24.1 Å². The predicted octanol–water partition coefficient (Wildman–Crippen LogP) is 4.90. The molecule has 3 fully saturated rings. The largest absolute Gasteiger partial charge is 0.460 e. The molecule has 0 aliphatic heterocycles. The molecule has 246 valence electrons. The Balaban J connectivity index is 1.54. The molecular formula is C35H54N2O7. The van der Waals surface area contributed by atoms with E-state index in [-0.39, 0.29) is 23.5 Å². The highest BCUT2D eigenvalue weighted by Crippen LogP contribution is 2.68. The third kappa shape index (κ3) is 6.70. The molecule has 1 aromatic carbocycles. The quantitative estimate of drug-likeness (QED) is 0.289. The number of nitrogens with one attached hydrogen (secondary N) is 2. The minimum absolute atomic E-state index is 0.146. The van der Waals surface area contributed by atoms with Gasteiger partial charge in [-0.15, -0.1) is 0 Å². The Hall–Kier alpha value is -2.49. The van der Waals surface area contributed by atoms with Crippen molar-refractivity contribution in [1.29, 1.82) is 0 Å². The number of hydrogen-bond donors (Lipinski definition) is 4. The van der Waals surface area contributed by atoms with Crippen molar-refractivity contribution in [3.8, 4) is 0 Å². The van der Waals surface area contributed by atoms with E-state index in [1.165, 1.54) is 0 Å². The summed E-state index contributed by atoms with van der Waals surface area (Å²) < 4.78 is 11.3. The molecule has 4 rings (SSSR count). The number of carbonyl (C=O) groups is 3. The van der Waals surface area contributed by atoms with E-state index >= 15 is 0 Å². The minimum atomic E-state index is -0.706. The van der Waals surface area contributed by atoms with Crippen molar-refractivity contribution >= 4 is 17.8 Å². The maximum atomic E-state index is 13.8. The van der Waals surface area contributed by atoms with Crippen molar-refractivity contribution in [3.05, 3.63) is 35.4 Å². The fourth-order valence-electron chi connectivity index (χ4n) is 8.60. The van der Waals surface area contributed by atoms with Gasteiger partial charge in [0.15, 0.2) is 0 Å². The summed E-state index contributed by atoms with van der Waals surface area (Å²) >= 11 is 0. The van der Waals surface area contributed by atoms with Crippen LogP contribution in [0.5, 0.6) is 0 Å². The van der Waals surface area contributed by atoms with Crippen LogP contribution in [-0.4, -0.2) is 59.0 Å². The third-order valence-corrected chi connectivity index (χ3v) is 11.4. The van der Waals surface area contributed by atoms with Crippen LogP contribution in [0.25, 0.3) is 0 Å². The van der Waals surface area contributed by atoms with Crippen LogP contribution < -0.4 is 10.6 Å². The van der Waals surface area contributed by atoms with Crippen molar-refractivity contribution in [3.63, 3.8) is 0 Å². The fraction of sp³-hybridized carbons (Fsp3) is 0.743. The van der Waals surface area contributed by atoms with Crippen LogP contribution in [0.2, 0.25) is 0 Å². The molecule has 2 bridgehead atoms. The lowest BCUT2D eigenvalue weighted by molar-refractivity contribution is -0.215. The number of rotatable bonds is 9. The van der Waals surface area contributed by atoms with E-state index in [1.54, 1.807) is 0 Å². The number of aliphatic hydroxyl groups is 2. The Morgan fingerprint density at radius 3 is 2.30 bits per heavy atom. The second-order valence-electron chi connectivity index (χ2n) is 15.1. The van der Waals surface area contributed by atoms with Gasteiger partial charge in [0.05, 0.1) is 6.10 Å². The van der Waals surface area contributed by atoms with Crippen LogP contribution in [0.1, 0.15) is 98.1 Å². The minimum Gasteiger partial charge on any atom is -0.460 e. The number of hydrogen-bond acceptors (Lipinski definition) is 8. The summed E-state index contributed by atoms with van der Waals surface area (Å²) in [6, 6.07) is 8.03. The van der Waals surface area contributed by atoms with E-state index in [0.717, 1.165) is 30.4 Å². The Bertz CT molecular complexity index is 1200. The lowest BCUT2D eigenvalue weighted by Crippen LogP contribution is -2.65. The first-order valence-electron chi connectivity index (χ1n) is 16.4. The van der Waals surface area contributed by atoms with Gasteiger partial charge in [0.2, 0.25) is 0 Å². The summed E-state index contributed by atoms with van der Waals surface area (Å²) in [6.07, 6.45) is 2.34. The maximum Gasteiger partial charge on any atom is 0.407 e. The van der Waals surface area contributed by atoms with Crippen LogP contribution in [0.15, 0.2) is 24.3 Å². The number of ether oxygens (including phenoxy) is 2. The van der Waals surface area contributed by atoms with Gasteiger partial charge in [-0.2, -0.15) is 0 Å². The second-order valence-corrected chi connectivity index (χ2v) is 15.1. The second kappa shape index (κ2) is 13.1. The number of aliphatic hydroxyl groups excluding tert-OH is 2. The van der Waals surface area contributed by atoms with Crippen LogP contribution in [0.4, 0.5) is 4.79 Å². The zero-order chi connectivity index (χ0) is 32.5. The molecule has 0 radical (unpaired) electrons. The SMILES string of the molecule is CC[C@@]1(C)C[C@@H](OC(=O)CO)[C@@]2(C)C3C(=O)CC[C@@]3(CC[C@H]2C)[C@@H](CNCc2ccc(CNC(=O)OC(C)(C)C)cc2)[C@@H]1O. The number of benzene rings is 1. The summed E-state index contributed by atoms with van der Waals surface area (Å²) in [4.78, 5) is 38.3. The van der Waals surface area contributed by atoms with Gasteiger partial charge >= 0.3 is 12.1 Å². The van der Waals surface area contributed by atoms with Crippen molar-refractivity contribution in [2.75, 3.05) is 13.2 Å². The Morgan fingerprint density at radius 1 is 1.07 bits per heavy atom. The Kier molecular flexibility index (Phi) is 10.2. The molecule has 44 heavy (non-hydrogen) atoms. The molecule has 3 aliphatic carbocycles. The van der Waals surface area contributed by atoms with Crippen molar-refractivity contribution in [2.45, 2.75) is 118 Å². The molecule has 1 unspecified atom stereocenters. The number of alkyl carbamates (subject to hydrolysis) is 1. The zero-order valence-corrected chi connectivity index (χ0v) is 27.7. The molecular weight excluding hydrogens is 560 g/mol. The Labute approximate surface area is 262 Å². The first-order chi connectivity index (χ1) is 20.6. The summed E-state index contributed by atoms with van der Waals surface area (Å²) in [5.41, 5.74) is -0.0345. The fourth-order valence-corrected chi connectivity index (χ4v) is 8.60. The predicted molar refractivity (Wildman–Crippen MR) is 167 cm³/mol. The van der Waals surface area contributed by atoms with E-state index in [0.29, 0.717) is 38.9 Å². The molecule has 0 heterocycles. The van der Waals surface area contributed by atoms with E-state index < -0.39 is 52.7 Å². The van der Waals surface area contributed by atoms with E-state index in [2.05, 4.69) is 38.3 Å². The van der Waals surface area contributed by atoms with Crippen molar-refractivity contribution in [1.82, 2.24) is 10.6 Å². The van der Waals surface area contributed by atoms with Crippen LogP contribution in [0, 0.1) is 34.0 Å². The molecule has 4 N–H and O–H groups in total. The molecule has 0 aromatic heterocycles. The van der Waals surface area contributed by atoms with Crippen molar-refractivity contribution < 1.29 is 34.1 Å². The van der Waals surface area contributed by atoms with Gasteiger partial charge in [-0.25, -0.2) is 9.59 Å². The van der Waals surface area contributed by atoms with Crippen LogP contribution >= 0.6 is 0 Å². The van der Waals surface area contributed by atoms with E-state index in [1.807, 2.05) is 45.0 Å². The van der Waals surface area contributed by atoms with Crippen LogP contribution in [-0.2, 0) is 32.2 Å². The summed E-state index contributed by atoms with van der Waals surface area (Å²) in [6.45, 7) is 14.7. The van der Waals surface area contributed by atoms with Gasteiger partial charge in [-0.3, -0.25) is 4.79 Å². The standard InChI is InChI=1S/C35H54N2O7/c1-8-33(6)17-27(43-28(40)21-38)34(7)22(2)13-15-35(16-14-26(39)29(34)35)25(30(33)41)20-36-18-23-9-11-24(12-10-23)19-37-31(42)44-32(3,4)5/h9-12,22,25,27,29-30,36,38,41H,8,13-21H2,1-7H3,(H,37,42)/t22-,25+,27-,29?,30+,33+,34+,35+/m1/s1. The monoisotopic (exact) mass is 614 g/mol. The van der Waals surface area contributed by atoms with Crippen molar-refractivity contribution in [2.24, 2.45) is 34.0 Å². The normalized spacial score (nSPS) is 35.3. The zero-order valence-electron chi connectivity index (χ0n) is 27.7. The number of ketones is 1. The van der Waals surface area contributed by atoms with Gasteiger partial charge in [-0.1, -0.05) is 52.0 Å². The summed E-state index contributed by atoms with van der Waals surface area (Å²) in [5, 5.41) is 28.2. The molecule has 3 aliphatic rings. The smallest absolute Gasteiger partial charge is 0.407 e. The van der Waals surface area contributed by atoms with Crippen LogP contribution in [0.3, 0.4) is 0 Å². The van der Waals surface area contributed by atoms with E-state index in [9.17, 15) is 24.6 Å². The average molecular weight is 615 g/mol. The maximum absolute atomic E-state index is 13.8. The summed E-state index contributed by atoms with van der Waals surface area (Å²) in [7, 11) is 0. The highest BCUT2D eigenvalue weighted by molar-refractivity contribution is 5.85. The molecule has 0 spiro atoms. The topological polar surface area (TPSA) is 134 Å². The number of amides is 1. The lowest BCUT2D eigenvalue weighted by atomic mass is 9.43. The molecule has 0 saturated heterocycles. The number of Topliss-reactive ketones (excluding diaryl/α,β-unsaturated/α-hetero) is 1. The molecule has 1 aromatic rings. The summed E-state index contributed by atoms with van der Waals surface area (Å²) in [5.74, 6) is -0.801. The highest BCUT2D eigenvalue weighted by atomic mass is 16.6. The van der Waals surface area contributed by atoms with Gasteiger partial charge in [0, 0.05) is 43.3 Å². The van der Waals surface area contributed by atoms with Gasteiger partial charge in [-0.05, 0) is 80.8 Å². The highest BCUT2D eigenvalue weighted by Gasteiger charge is 2.69. The molecule has 8 atom stereocenters. The first kappa shape index (κ1) is 34.4. The van der Waals surface area contributed by atoms with Gasteiger partial charge < -0.3 is 30.3 Å². The van der Waals surface area contributed by atoms with E-state index in [4.69, 9.17) is 9.47 Å². The van der Waals surface area contributed by atoms with Gasteiger partial charge in [0.25, 0.3) is 0 Å². The molecule has 9 heteroatoms. The molecule has 1 amide bonds. The lowest BCUT2D eigenvalue weighted by Gasteiger charge is -2.62. The first-order valence-corrected chi connectivity index (χ1v) is 16.4.